The van der Waals surface area contributed by atoms with E-state index in [1.807, 2.05) is 6.92 Å². The van der Waals surface area contributed by atoms with E-state index in [2.05, 4.69) is 38.1 Å². The number of rotatable bonds is 5. The van der Waals surface area contributed by atoms with Crippen molar-refractivity contribution >= 4 is 5.82 Å². The van der Waals surface area contributed by atoms with Crippen LogP contribution in [0.25, 0.3) is 0 Å². The van der Waals surface area contributed by atoms with Gasteiger partial charge in [0.2, 0.25) is 0 Å². The minimum Gasteiger partial charge on any atom is -0.370 e. The van der Waals surface area contributed by atoms with Gasteiger partial charge < -0.3 is 5.32 Å². The number of aryl methyl sites for hydroxylation is 4. The predicted octanol–water partition coefficient (Wildman–Crippen LogP) is 2.28. The van der Waals surface area contributed by atoms with E-state index in [-0.39, 0.29) is 0 Å². The van der Waals surface area contributed by atoms with Crippen molar-refractivity contribution < 1.29 is 0 Å². The summed E-state index contributed by atoms with van der Waals surface area (Å²) in [6.45, 7) is 6.00. The van der Waals surface area contributed by atoms with Gasteiger partial charge in [0.05, 0.1) is 5.69 Å². The molecule has 2 aromatic heterocycles. The molecule has 0 radical (unpaired) electrons. The fourth-order valence-electron chi connectivity index (χ4n) is 2.85. The maximum atomic E-state index is 4.48. The monoisotopic (exact) mass is 271 g/mol. The molecule has 0 atom stereocenters. The summed E-state index contributed by atoms with van der Waals surface area (Å²) in [5.41, 5.74) is 4.86. The molecule has 0 spiro atoms. The molecule has 5 nitrogen and oxygen atoms in total. The second kappa shape index (κ2) is 5.61. The zero-order valence-corrected chi connectivity index (χ0v) is 12.2. The summed E-state index contributed by atoms with van der Waals surface area (Å²) < 4.78 is 2.07. The van der Waals surface area contributed by atoms with Gasteiger partial charge in [0.1, 0.15) is 12.1 Å². The minimum absolute atomic E-state index is 0.918. The van der Waals surface area contributed by atoms with Gasteiger partial charge in [-0.15, -0.1) is 0 Å². The Kier molecular flexibility index (Phi) is 3.67. The van der Waals surface area contributed by atoms with E-state index in [4.69, 9.17) is 0 Å². The van der Waals surface area contributed by atoms with Gasteiger partial charge in [-0.3, -0.25) is 4.68 Å². The molecule has 2 heterocycles. The number of anilines is 1. The van der Waals surface area contributed by atoms with Crippen molar-refractivity contribution in [3.8, 4) is 0 Å². The molecular weight excluding hydrogens is 250 g/mol. The Morgan fingerprint density at radius 1 is 1.25 bits per heavy atom. The summed E-state index contributed by atoms with van der Waals surface area (Å²) in [7, 11) is 0. The summed E-state index contributed by atoms with van der Waals surface area (Å²) >= 11 is 0. The second-order valence-electron chi connectivity index (χ2n) is 5.43. The highest BCUT2D eigenvalue weighted by molar-refractivity contribution is 5.47. The molecule has 0 bridgehead atoms. The minimum atomic E-state index is 0.918. The summed E-state index contributed by atoms with van der Waals surface area (Å²) in [4.78, 5) is 8.72. The molecule has 0 fully saturated rings. The van der Waals surface area contributed by atoms with Crippen LogP contribution >= 0.6 is 0 Å². The molecular formula is C15H21N5. The number of fused-ring (bicyclic) bond motifs is 1. The number of hydrogen-bond acceptors (Lipinski definition) is 4. The van der Waals surface area contributed by atoms with Gasteiger partial charge in [0.15, 0.2) is 0 Å². The highest BCUT2D eigenvalue weighted by Gasteiger charge is 2.16. The smallest absolute Gasteiger partial charge is 0.132 e. The second-order valence-corrected chi connectivity index (χ2v) is 5.43. The van der Waals surface area contributed by atoms with Crippen LogP contribution in [0.15, 0.2) is 12.4 Å². The number of nitrogens with zero attached hydrogens (tertiary/aromatic N) is 4. The summed E-state index contributed by atoms with van der Waals surface area (Å²) in [6, 6.07) is 2.12. The highest BCUT2D eigenvalue weighted by atomic mass is 15.3. The van der Waals surface area contributed by atoms with Crippen LogP contribution in [-0.2, 0) is 19.4 Å². The van der Waals surface area contributed by atoms with Crippen molar-refractivity contribution in [1.29, 1.82) is 0 Å². The predicted molar refractivity (Wildman–Crippen MR) is 78.9 cm³/mol. The molecule has 1 aliphatic carbocycles. The van der Waals surface area contributed by atoms with Gasteiger partial charge in [0, 0.05) is 30.0 Å². The summed E-state index contributed by atoms with van der Waals surface area (Å²) in [6.07, 6.45) is 6.12. The first-order valence-electron chi connectivity index (χ1n) is 7.32. The molecule has 0 saturated carbocycles. The van der Waals surface area contributed by atoms with Gasteiger partial charge in [-0.05, 0) is 45.6 Å². The topological polar surface area (TPSA) is 55.6 Å². The maximum Gasteiger partial charge on any atom is 0.132 e. The molecule has 0 aliphatic heterocycles. The standard InChI is InChI=1S/C15H21N5/c1-11-9-12(2)20(19-11)8-4-7-16-15-13-5-3-6-14(13)17-10-18-15/h9-10H,3-8H2,1-2H3,(H,16,17,18). The summed E-state index contributed by atoms with van der Waals surface area (Å²) in [5, 5.41) is 7.93. The molecule has 0 unspecified atom stereocenters. The van der Waals surface area contributed by atoms with E-state index >= 15 is 0 Å². The third kappa shape index (κ3) is 2.66. The SMILES string of the molecule is Cc1cc(C)n(CCCNc2ncnc3c2CCC3)n1. The lowest BCUT2D eigenvalue weighted by molar-refractivity contribution is 0.573. The Bertz CT molecular complexity index is 602. The van der Waals surface area contributed by atoms with Gasteiger partial charge in [0.25, 0.3) is 0 Å². The molecule has 106 valence electrons. The lowest BCUT2D eigenvalue weighted by atomic mass is 10.2. The average Bonchev–Trinajstić information content (AvgIpc) is 3.01. The zero-order valence-electron chi connectivity index (χ0n) is 12.2. The van der Waals surface area contributed by atoms with E-state index < -0.39 is 0 Å². The Morgan fingerprint density at radius 3 is 2.95 bits per heavy atom. The summed E-state index contributed by atoms with van der Waals surface area (Å²) in [5.74, 6) is 1.03. The van der Waals surface area contributed by atoms with Crippen LogP contribution in [0.1, 0.15) is 35.5 Å². The van der Waals surface area contributed by atoms with Crippen LogP contribution in [0, 0.1) is 13.8 Å². The first-order chi connectivity index (χ1) is 9.74. The molecule has 0 amide bonds. The third-order valence-electron chi connectivity index (χ3n) is 3.82. The Balaban J connectivity index is 1.53. The molecule has 1 N–H and O–H groups in total. The van der Waals surface area contributed by atoms with Crippen LogP contribution in [0.4, 0.5) is 5.82 Å². The van der Waals surface area contributed by atoms with Gasteiger partial charge in [-0.2, -0.15) is 5.10 Å². The number of hydrogen-bond donors (Lipinski definition) is 1. The van der Waals surface area contributed by atoms with Crippen LogP contribution in [0.5, 0.6) is 0 Å². The first kappa shape index (κ1) is 13.1. The molecule has 1 aliphatic rings. The van der Waals surface area contributed by atoms with Crippen molar-refractivity contribution in [3.63, 3.8) is 0 Å². The quantitative estimate of drug-likeness (QED) is 0.848. The van der Waals surface area contributed by atoms with Crippen molar-refractivity contribution in [3.05, 3.63) is 35.0 Å². The van der Waals surface area contributed by atoms with Gasteiger partial charge in [-0.1, -0.05) is 0 Å². The largest absolute Gasteiger partial charge is 0.370 e. The molecule has 3 rings (SSSR count). The third-order valence-corrected chi connectivity index (χ3v) is 3.82. The Morgan fingerprint density at radius 2 is 2.15 bits per heavy atom. The Labute approximate surface area is 119 Å². The molecule has 5 heteroatoms. The fourth-order valence-corrected chi connectivity index (χ4v) is 2.85. The van der Waals surface area contributed by atoms with Crippen molar-refractivity contribution in [2.24, 2.45) is 0 Å². The Hall–Kier alpha value is -1.91. The van der Waals surface area contributed by atoms with Gasteiger partial charge >= 0.3 is 0 Å². The van der Waals surface area contributed by atoms with Crippen LogP contribution in [0.2, 0.25) is 0 Å². The first-order valence-corrected chi connectivity index (χ1v) is 7.32. The van der Waals surface area contributed by atoms with Crippen LogP contribution in [0.3, 0.4) is 0 Å². The highest BCUT2D eigenvalue weighted by Crippen LogP contribution is 2.24. The average molecular weight is 271 g/mol. The molecule has 20 heavy (non-hydrogen) atoms. The van der Waals surface area contributed by atoms with E-state index in [1.54, 1.807) is 6.33 Å². The van der Waals surface area contributed by atoms with E-state index in [0.717, 1.165) is 43.9 Å². The van der Waals surface area contributed by atoms with Crippen molar-refractivity contribution in [1.82, 2.24) is 19.7 Å². The molecule has 2 aromatic rings. The zero-order chi connectivity index (χ0) is 13.9. The number of nitrogens with one attached hydrogen (secondary N) is 1. The normalized spacial score (nSPS) is 13.5. The van der Waals surface area contributed by atoms with Gasteiger partial charge in [-0.25, -0.2) is 9.97 Å². The van der Waals surface area contributed by atoms with Crippen molar-refractivity contribution in [2.75, 3.05) is 11.9 Å². The van der Waals surface area contributed by atoms with Crippen molar-refractivity contribution in [2.45, 2.75) is 46.1 Å². The van der Waals surface area contributed by atoms with Crippen LogP contribution in [-0.4, -0.2) is 26.3 Å². The van der Waals surface area contributed by atoms with E-state index in [1.165, 1.54) is 23.4 Å². The molecule has 0 aromatic carbocycles. The van der Waals surface area contributed by atoms with Crippen LogP contribution < -0.4 is 5.32 Å². The van der Waals surface area contributed by atoms with E-state index in [9.17, 15) is 0 Å². The fraction of sp³-hybridized carbons (Fsp3) is 0.533. The van der Waals surface area contributed by atoms with E-state index in [0.29, 0.717) is 0 Å². The maximum absolute atomic E-state index is 4.48. The number of aromatic nitrogens is 4. The molecule has 0 saturated heterocycles. The lowest BCUT2D eigenvalue weighted by Gasteiger charge is -2.10. The lowest BCUT2D eigenvalue weighted by Crippen LogP contribution is -2.11.